The fourth-order valence-corrected chi connectivity index (χ4v) is 8.39. The van der Waals surface area contributed by atoms with Crippen molar-refractivity contribution in [2.24, 2.45) is 5.92 Å². The van der Waals surface area contributed by atoms with E-state index in [-0.39, 0.29) is 33.2 Å². The predicted octanol–water partition coefficient (Wildman–Crippen LogP) is 0.288. The zero-order valence-corrected chi connectivity index (χ0v) is 21.6. The topological polar surface area (TPSA) is 85.7 Å². The summed E-state index contributed by atoms with van der Waals surface area (Å²) in [5.41, 5.74) is 0.818. The molecule has 2 heterocycles. The van der Waals surface area contributed by atoms with Crippen LogP contribution >= 0.6 is 0 Å². The van der Waals surface area contributed by atoms with Crippen molar-refractivity contribution in [3.63, 3.8) is 0 Å². The molecule has 3 N–H and O–H groups in total. The van der Waals surface area contributed by atoms with E-state index >= 15 is 0 Å². The van der Waals surface area contributed by atoms with E-state index in [0.717, 1.165) is 77.8 Å². The zero-order valence-electron chi connectivity index (χ0n) is 19.4. The number of fused-ring (bicyclic) bond motifs is 1. The number of nitrogens with one attached hydrogen (secondary N) is 1. The second-order valence-electron chi connectivity index (χ2n) is 10.3. The number of pyridine rings is 1. The quantitative estimate of drug-likeness (QED) is 0.347. The Labute approximate surface area is 206 Å². The molecule has 3 fully saturated rings. The molecule has 5 rings (SSSR count). The van der Waals surface area contributed by atoms with Crippen molar-refractivity contribution in [1.29, 1.82) is 0 Å². The van der Waals surface area contributed by atoms with Gasteiger partial charge in [-0.25, -0.2) is 0 Å². The molecule has 33 heavy (non-hydrogen) atoms. The Kier molecular flexibility index (Phi) is 6.82. The third-order valence-corrected chi connectivity index (χ3v) is 10.9. The molecule has 1 aromatic heterocycles. The van der Waals surface area contributed by atoms with E-state index in [4.69, 9.17) is 4.98 Å². The summed E-state index contributed by atoms with van der Waals surface area (Å²) in [7, 11) is 0. The number of alkyl halides is 1. The first-order chi connectivity index (χ1) is 15.9. The molecule has 1 amide bonds. The Morgan fingerprint density at radius 1 is 1.18 bits per heavy atom. The van der Waals surface area contributed by atoms with E-state index in [9.17, 15) is 15.0 Å². The van der Waals surface area contributed by atoms with Crippen LogP contribution < -0.4 is 31.4 Å². The number of piperidine rings is 1. The number of benzene rings is 1. The van der Waals surface area contributed by atoms with Crippen molar-refractivity contribution in [3.8, 4) is 0 Å². The standard InChI is InChI=1S/C26H35IN3O3/c1-17-3-2-12-26(33,15-17)16-28-25(32)24-20-6-9-23(30-13-10-19(31)11-14-30)29-22(20)8-7-21(24)27-18-4-5-18/h6-9,17-19,31,33H,2-5,10-16H2,1H3,(H,28,32)/q-1/t17-,26-/m0/s1. The average molecular weight is 564 g/mol. The number of aliphatic hydroxyl groups excluding tert-OH is 1. The van der Waals surface area contributed by atoms with Gasteiger partial charge in [-0.15, -0.1) is 0 Å². The van der Waals surface area contributed by atoms with Crippen LogP contribution in [0.3, 0.4) is 0 Å². The monoisotopic (exact) mass is 564 g/mol. The molecule has 7 heteroatoms. The average Bonchev–Trinajstić information content (AvgIpc) is 3.61. The molecule has 1 aromatic carbocycles. The summed E-state index contributed by atoms with van der Waals surface area (Å²) in [6.45, 7) is 4.10. The number of aliphatic hydroxyl groups is 2. The van der Waals surface area contributed by atoms with Gasteiger partial charge < -0.3 is 0 Å². The van der Waals surface area contributed by atoms with Crippen LogP contribution in [0.25, 0.3) is 10.9 Å². The number of anilines is 1. The molecule has 3 aliphatic rings. The molecule has 6 nitrogen and oxygen atoms in total. The van der Waals surface area contributed by atoms with Crippen LogP contribution in [0.2, 0.25) is 0 Å². The Morgan fingerprint density at radius 3 is 2.70 bits per heavy atom. The van der Waals surface area contributed by atoms with Gasteiger partial charge in [0.1, 0.15) is 0 Å². The molecule has 2 aliphatic carbocycles. The van der Waals surface area contributed by atoms with E-state index in [2.05, 4.69) is 35.3 Å². The maximum absolute atomic E-state index is 13.5. The summed E-state index contributed by atoms with van der Waals surface area (Å²) >= 11 is -0.214. The number of nitrogens with zero attached hydrogens (tertiary/aromatic N) is 2. The predicted molar refractivity (Wildman–Crippen MR) is 126 cm³/mol. The molecule has 2 atom stereocenters. The van der Waals surface area contributed by atoms with E-state index in [1.165, 1.54) is 16.4 Å². The van der Waals surface area contributed by atoms with Crippen molar-refractivity contribution in [2.75, 3.05) is 24.5 Å². The number of carbonyl (C=O) groups excluding carboxylic acids is 1. The number of carbonyl (C=O) groups is 1. The maximum atomic E-state index is 13.5. The molecule has 1 saturated heterocycles. The Hall–Kier alpha value is -1.45. The van der Waals surface area contributed by atoms with Crippen molar-refractivity contribution in [1.82, 2.24) is 10.3 Å². The van der Waals surface area contributed by atoms with E-state index in [0.29, 0.717) is 12.5 Å². The van der Waals surface area contributed by atoms with E-state index in [1.807, 2.05) is 6.07 Å². The van der Waals surface area contributed by atoms with Crippen LogP contribution in [0.5, 0.6) is 0 Å². The number of aromatic nitrogens is 1. The van der Waals surface area contributed by atoms with Crippen LogP contribution in [0.4, 0.5) is 5.82 Å². The van der Waals surface area contributed by atoms with Gasteiger partial charge in [0.15, 0.2) is 0 Å². The van der Waals surface area contributed by atoms with Crippen LogP contribution in [0.1, 0.15) is 68.6 Å². The van der Waals surface area contributed by atoms with Gasteiger partial charge in [0.05, 0.1) is 0 Å². The minimum absolute atomic E-state index is 0.0711. The molecule has 0 radical (unpaired) electrons. The van der Waals surface area contributed by atoms with Crippen LogP contribution in [-0.2, 0) is 0 Å². The third kappa shape index (κ3) is 5.46. The van der Waals surface area contributed by atoms with Gasteiger partial charge in [-0.05, 0) is 0 Å². The Balaban J connectivity index is 1.41. The van der Waals surface area contributed by atoms with Gasteiger partial charge in [-0.2, -0.15) is 0 Å². The number of hydrogen-bond donors (Lipinski definition) is 3. The first-order valence-corrected chi connectivity index (χ1v) is 14.7. The summed E-state index contributed by atoms with van der Waals surface area (Å²) in [6, 6.07) is 8.26. The van der Waals surface area contributed by atoms with Gasteiger partial charge in [-0.1, -0.05) is 0 Å². The summed E-state index contributed by atoms with van der Waals surface area (Å²) in [4.78, 5) is 20.6. The summed E-state index contributed by atoms with van der Waals surface area (Å²) in [5.74, 6) is 1.34. The van der Waals surface area contributed by atoms with E-state index in [1.54, 1.807) is 0 Å². The van der Waals surface area contributed by atoms with Gasteiger partial charge in [0, 0.05) is 0 Å². The first kappa shape index (κ1) is 23.3. The second-order valence-corrected chi connectivity index (χ2v) is 13.8. The SMILES string of the molecule is C[C@H]1CCC[C@@](O)(CNC(=O)c2c([I-]C3CC3)ccc3nc(N4CCC(O)CC4)ccc23)C1. The first-order valence-electron chi connectivity index (χ1n) is 12.4. The number of halogens is 1. The van der Waals surface area contributed by atoms with E-state index < -0.39 is 5.60 Å². The van der Waals surface area contributed by atoms with Crippen molar-refractivity contribution >= 4 is 22.6 Å². The fraction of sp³-hybridized carbons (Fsp3) is 0.615. The van der Waals surface area contributed by atoms with Gasteiger partial charge in [0.2, 0.25) is 0 Å². The summed E-state index contributed by atoms with van der Waals surface area (Å²) in [6.07, 6.45) is 7.54. The molecule has 0 unspecified atom stereocenters. The molecule has 180 valence electrons. The van der Waals surface area contributed by atoms with Gasteiger partial charge in [-0.3, -0.25) is 0 Å². The summed E-state index contributed by atoms with van der Waals surface area (Å²) in [5, 5.41) is 24.9. The number of hydrogen-bond acceptors (Lipinski definition) is 5. The fourth-order valence-electron chi connectivity index (χ4n) is 5.22. The van der Waals surface area contributed by atoms with Crippen molar-refractivity contribution in [2.45, 2.75) is 73.9 Å². The van der Waals surface area contributed by atoms with Crippen LogP contribution in [0, 0.1) is 9.49 Å². The Morgan fingerprint density at radius 2 is 1.97 bits per heavy atom. The van der Waals surface area contributed by atoms with Crippen molar-refractivity contribution in [3.05, 3.63) is 33.4 Å². The second kappa shape index (κ2) is 9.66. The van der Waals surface area contributed by atoms with Crippen LogP contribution in [-0.4, -0.2) is 56.4 Å². The molecule has 0 bridgehead atoms. The molecule has 2 aromatic rings. The molecule has 2 saturated carbocycles. The van der Waals surface area contributed by atoms with Crippen LogP contribution in [0.15, 0.2) is 24.3 Å². The molecular weight excluding hydrogens is 529 g/mol. The number of rotatable bonds is 6. The molecular formula is C26H35IN3O3-. The molecule has 0 spiro atoms. The van der Waals surface area contributed by atoms with Gasteiger partial charge >= 0.3 is 207 Å². The zero-order chi connectivity index (χ0) is 23.0. The van der Waals surface area contributed by atoms with Crippen molar-refractivity contribution < 1.29 is 36.2 Å². The normalized spacial score (nSPS) is 26.6. The van der Waals surface area contributed by atoms with Gasteiger partial charge in [0.25, 0.3) is 0 Å². The third-order valence-electron chi connectivity index (χ3n) is 7.25. The molecule has 1 aliphatic heterocycles. The minimum atomic E-state index is -0.798. The number of amides is 1. The summed E-state index contributed by atoms with van der Waals surface area (Å²) < 4.78 is 1.98. The Bertz CT molecular complexity index is 1020.